The van der Waals surface area contributed by atoms with Gasteiger partial charge in [0.05, 0.1) is 18.8 Å². The van der Waals surface area contributed by atoms with Crippen molar-refractivity contribution in [3.05, 3.63) is 12.4 Å². The van der Waals surface area contributed by atoms with Crippen LogP contribution in [0.4, 0.5) is 11.6 Å². The summed E-state index contributed by atoms with van der Waals surface area (Å²) < 4.78 is 5.50. The zero-order chi connectivity index (χ0) is 15.4. The van der Waals surface area contributed by atoms with Crippen LogP contribution in [0.1, 0.15) is 39.0 Å². The molecule has 1 aromatic rings. The van der Waals surface area contributed by atoms with Gasteiger partial charge in [0.1, 0.15) is 18.0 Å². The van der Waals surface area contributed by atoms with Gasteiger partial charge in [0.2, 0.25) is 0 Å². The fourth-order valence-corrected chi connectivity index (χ4v) is 3.42. The van der Waals surface area contributed by atoms with Crippen LogP contribution in [-0.4, -0.2) is 53.0 Å². The first-order valence-corrected chi connectivity index (χ1v) is 8.33. The number of aromatic nitrogens is 2. The Hall–Kier alpha value is -1.40. The minimum absolute atomic E-state index is 0.274. The first-order valence-electron chi connectivity index (χ1n) is 8.33. The fraction of sp³-hybridized carbons (Fsp3) is 0.750. The fourth-order valence-electron chi connectivity index (χ4n) is 3.42. The average molecular weight is 306 g/mol. The number of anilines is 2. The summed E-state index contributed by atoms with van der Waals surface area (Å²) in [5, 5.41) is 13.1. The third-order valence-corrected chi connectivity index (χ3v) is 4.45. The summed E-state index contributed by atoms with van der Waals surface area (Å²) in [7, 11) is 0. The molecular formula is C16H26N4O2. The van der Waals surface area contributed by atoms with Crippen molar-refractivity contribution in [2.45, 2.75) is 57.2 Å². The molecule has 2 N–H and O–H groups in total. The van der Waals surface area contributed by atoms with Crippen molar-refractivity contribution in [1.82, 2.24) is 9.97 Å². The molecule has 22 heavy (non-hydrogen) atoms. The minimum Gasteiger partial charge on any atom is -0.393 e. The standard InChI is InChI=1S/C16H26N4O2/c1-12(21)8-14-5-2-6-20(14)16-9-15(17-11-18-16)19-13-4-3-7-22-10-13/h9,11-14,21H,2-8,10H2,1H3,(H,17,18,19)/t12-,13-,14-/m0/s1. The van der Waals surface area contributed by atoms with Gasteiger partial charge in [-0.05, 0) is 39.0 Å². The minimum atomic E-state index is -0.274. The Morgan fingerprint density at radius 1 is 1.41 bits per heavy atom. The average Bonchev–Trinajstić information content (AvgIpc) is 2.96. The van der Waals surface area contributed by atoms with Crippen LogP contribution >= 0.6 is 0 Å². The number of aliphatic hydroxyl groups is 1. The van der Waals surface area contributed by atoms with Gasteiger partial charge in [0, 0.05) is 25.3 Å². The maximum Gasteiger partial charge on any atom is 0.134 e. The maximum atomic E-state index is 9.66. The third kappa shape index (κ3) is 3.87. The van der Waals surface area contributed by atoms with E-state index in [-0.39, 0.29) is 6.10 Å². The van der Waals surface area contributed by atoms with Crippen LogP contribution in [0.25, 0.3) is 0 Å². The molecule has 2 fully saturated rings. The van der Waals surface area contributed by atoms with E-state index in [4.69, 9.17) is 4.74 Å². The lowest BCUT2D eigenvalue weighted by atomic mass is 10.1. The number of aliphatic hydroxyl groups excluding tert-OH is 1. The first-order chi connectivity index (χ1) is 10.7. The zero-order valence-electron chi connectivity index (χ0n) is 13.2. The molecule has 0 bridgehead atoms. The summed E-state index contributed by atoms with van der Waals surface area (Å²) >= 11 is 0. The molecule has 0 saturated carbocycles. The second-order valence-corrected chi connectivity index (χ2v) is 6.39. The molecule has 0 aliphatic carbocycles. The summed E-state index contributed by atoms with van der Waals surface area (Å²) in [6.45, 7) is 4.46. The quantitative estimate of drug-likeness (QED) is 0.864. The normalized spacial score (nSPS) is 26.9. The Morgan fingerprint density at radius 2 is 2.32 bits per heavy atom. The highest BCUT2D eigenvalue weighted by Gasteiger charge is 2.27. The van der Waals surface area contributed by atoms with Gasteiger partial charge in [0.25, 0.3) is 0 Å². The van der Waals surface area contributed by atoms with Crippen molar-refractivity contribution < 1.29 is 9.84 Å². The van der Waals surface area contributed by atoms with Gasteiger partial charge in [-0.15, -0.1) is 0 Å². The predicted octanol–water partition coefficient (Wildman–Crippen LogP) is 1.81. The van der Waals surface area contributed by atoms with Crippen molar-refractivity contribution in [3.63, 3.8) is 0 Å². The van der Waals surface area contributed by atoms with E-state index >= 15 is 0 Å². The van der Waals surface area contributed by atoms with Crippen LogP contribution in [0.15, 0.2) is 12.4 Å². The highest BCUT2D eigenvalue weighted by atomic mass is 16.5. The first kappa shape index (κ1) is 15.5. The SMILES string of the molecule is C[C@H](O)C[C@@H]1CCCN1c1cc(N[C@H]2CCCOC2)ncn1. The zero-order valence-corrected chi connectivity index (χ0v) is 13.2. The molecule has 2 aliphatic rings. The van der Waals surface area contributed by atoms with Gasteiger partial charge in [-0.1, -0.05) is 0 Å². The van der Waals surface area contributed by atoms with Crippen molar-refractivity contribution >= 4 is 11.6 Å². The second-order valence-electron chi connectivity index (χ2n) is 6.39. The molecule has 0 amide bonds. The molecule has 0 unspecified atom stereocenters. The third-order valence-electron chi connectivity index (χ3n) is 4.45. The predicted molar refractivity (Wildman–Crippen MR) is 86.2 cm³/mol. The van der Waals surface area contributed by atoms with Gasteiger partial charge in [-0.3, -0.25) is 0 Å². The molecule has 0 aromatic carbocycles. The largest absolute Gasteiger partial charge is 0.393 e. The second kappa shape index (κ2) is 7.24. The lowest BCUT2D eigenvalue weighted by Gasteiger charge is -2.27. The molecule has 6 heteroatoms. The number of nitrogens with one attached hydrogen (secondary N) is 1. The van der Waals surface area contributed by atoms with Crippen LogP contribution in [0.5, 0.6) is 0 Å². The van der Waals surface area contributed by atoms with Crippen LogP contribution in [0.2, 0.25) is 0 Å². The van der Waals surface area contributed by atoms with Crippen molar-refractivity contribution in [2.75, 3.05) is 30.0 Å². The van der Waals surface area contributed by atoms with Crippen LogP contribution in [0.3, 0.4) is 0 Å². The van der Waals surface area contributed by atoms with Gasteiger partial charge in [0.15, 0.2) is 0 Å². The molecule has 122 valence electrons. The van der Waals surface area contributed by atoms with Crippen molar-refractivity contribution in [3.8, 4) is 0 Å². The monoisotopic (exact) mass is 306 g/mol. The van der Waals surface area contributed by atoms with Crippen LogP contribution in [0, 0.1) is 0 Å². The summed E-state index contributed by atoms with van der Waals surface area (Å²) in [6.07, 6.45) is 6.63. The number of ether oxygens (including phenoxy) is 1. The molecule has 2 aliphatic heterocycles. The number of rotatable bonds is 5. The Labute approximate surface area is 131 Å². The summed E-state index contributed by atoms with van der Waals surface area (Å²) in [6, 6.07) is 2.73. The Morgan fingerprint density at radius 3 is 3.09 bits per heavy atom. The van der Waals surface area contributed by atoms with Gasteiger partial charge >= 0.3 is 0 Å². The van der Waals surface area contributed by atoms with Crippen LogP contribution < -0.4 is 10.2 Å². The number of nitrogens with zero attached hydrogens (tertiary/aromatic N) is 3. The molecule has 0 spiro atoms. The van der Waals surface area contributed by atoms with E-state index in [1.807, 2.05) is 13.0 Å². The van der Waals surface area contributed by atoms with Crippen molar-refractivity contribution in [1.29, 1.82) is 0 Å². The summed E-state index contributed by atoms with van der Waals surface area (Å²) in [5.74, 6) is 1.82. The van der Waals surface area contributed by atoms with E-state index in [9.17, 15) is 5.11 Å². The summed E-state index contributed by atoms with van der Waals surface area (Å²) in [5.41, 5.74) is 0. The maximum absolute atomic E-state index is 9.66. The van der Waals surface area contributed by atoms with Gasteiger partial charge in [-0.2, -0.15) is 0 Å². The lowest BCUT2D eigenvalue weighted by molar-refractivity contribution is 0.0875. The topological polar surface area (TPSA) is 70.5 Å². The van der Waals surface area contributed by atoms with Gasteiger partial charge < -0.3 is 20.1 Å². The Bertz CT molecular complexity index is 477. The molecule has 3 atom stereocenters. The van der Waals surface area contributed by atoms with Crippen LogP contribution in [-0.2, 0) is 4.74 Å². The Kier molecular flexibility index (Phi) is 5.10. The van der Waals surface area contributed by atoms with E-state index in [2.05, 4.69) is 20.2 Å². The molecular weight excluding hydrogens is 280 g/mol. The van der Waals surface area contributed by atoms with E-state index in [1.54, 1.807) is 6.33 Å². The number of hydrogen-bond donors (Lipinski definition) is 2. The highest BCUT2D eigenvalue weighted by molar-refractivity contribution is 5.50. The summed E-state index contributed by atoms with van der Waals surface area (Å²) in [4.78, 5) is 11.1. The molecule has 6 nitrogen and oxygen atoms in total. The molecule has 3 rings (SSSR count). The van der Waals surface area contributed by atoms with E-state index in [0.29, 0.717) is 12.1 Å². The lowest BCUT2D eigenvalue weighted by Crippen LogP contribution is -2.33. The highest BCUT2D eigenvalue weighted by Crippen LogP contribution is 2.27. The molecule has 0 radical (unpaired) electrons. The van der Waals surface area contributed by atoms with Crippen molar-refractivity contribution in [2.24, 2.45) is 0 Å². The van der Waals surface area contributed by atoms with E-state index in [0.717, 1.165) is 63.5 Å². The molecule has 1 aromatic heterocycles. The smallest absolute Gasteiger partial charge is 0.134 e. The molecule has 3 heterocycles. The Balaban J connectivity index is 1.67. The van der Waals surface area contributed by atoms with E-state index < -0.39 is 0 Å². The van der Waals surface area contributed by atoms with Gasteiger partial charge in [-0.25, -0.2) is 9.97 Å². The molecule has 2 saturated heterocycles. The number of hydrogen-bond acceptors (Lipinski definition) is 6. The van der Waals surface area contributed by atoms with E-state index in [1.165, 1.54) is 0 Å².